The summed E-state index contributed by atoms with van der Waals surface area (Å²) in [6.45, 7) is 4.94. The van der Waals surface area contributed by atoms with E-state index in [-0.39, 0.29) is 19.1 Å². The molecule has 8 nitrogen and oxygen atoms in total. The molecular weight excluding hydrogens is 1030 g/mol. The highest BCUT2D eigenvalue weighted by Crippen LogP contribution is 2.43. The second-order valence-electron chi connectivity index (χ2n) is 26.3. The number of carbonyl (C=O) groups excluding carboxylic acids is 1. The Labute approximate surface area is 512 Å². The number of amides is 1. The Morgan fingerprint density at radius 1 is 0.415 bits per heavy atom. The van der Waals surface area contributed by atoms with E-state index in [1.807, 2.05) is 21.1 Å². The highest BCUT2D eigenvalue weighted by Gasteiger charge is 2.28. The molecule has 9 heteroatoms. The van der Waals surface area contributed by atoms with Crippen LogP contribution in [0.1, 0.15) is 373 Å². The van der Waals surface area contributed by atoms with Gasteiger partial charge >= 0.3 is 7.82 Å². The minimum Gasteiger partial charge on any atom is -0.391 e. The molecule has 0 heterocycles. The topological polar surface area (TPSA) is 105 Å². The maximum atomic E-state index is 13.1. The largest absolute Gasteiger partial charge is 0.472 e. The van der Waals surface area contributed by atoms with Crippen molar-refractivity contribution in [2.45, 2.75) is 386 Å². The smallest absolute Gasteiger partial charge is 0.391 e. The number of aliphatic hydroxyl groups is 1. The molecule has 0 saturated heterocycles. The number of phosphoric acid groups is 1. The molecular formula is C73H144N2O6P+. The van der Waals surface area contributed by atoms with Crippen LogP contribution in [0.2, 0.25) is 0 Å². The van der Waals surface area contributed by atoms with Crippen LogP contribution in [-0.2, 0) is 18.4 Å². The first-order chi connectivity index (χ1) is 40.0. The lowest BCUT2D eigenvalue weighted by Gasteiger charge is -2.26. The third kappa shape index (κ3) is 66.2. The maximum Gasteiger partial charge on any atom is 0.472 e. The van der Waals surface area contributed by atoms with Crippen LogP contribution >= 0.6 is 7.82 Å². The fourth-order valence-corrected chi connectivity index (χ4v) is 12.0. The number of nitrogens with zero attached hydrogens (tertiary/aromatic N) is 1. The molecule has 0 bridgehead atoms. The van der Waals surface area contributed by atoms with Crippen molar-refractivity contribution in [1.29, 1.82) is 0 Å². The predicted molar refractivity (Wildman–Crippen MR) is 360 cm³/mol. The van der Waals surface area contributed by atoms with Gasteiger partial charge in [0, 0.05) is 6.42 Å². The summed E-state index contributed by atoms with van der Waals surface area (Å²) >= 11 is 0. The number of unbranched alkanes of at least 4 members (excludes halogenated alkanes) is 49. The van der Waals surface area contributed by atoms with Crippen LogP contribution in [0.5, 0.6) is 0 Å². The van der Waals surface area contributed by atoms with Gasteiger partial charge in [-0.25, -0.2) is 4.57 Å². The minimum atomic E-state index is -4.33. The van der Waals surface area contributed by atoms with Crippen molar-refractivity contribution in [1.82, 2.24) is 5.32 Å². The van der Waals surface area contributed by atoms with Crippen molar-refractivity contribution in [3.8, 4) is 0 Å². The summed E-state index contributed by atoms with van der Waals surface area (Å²) in [6.07, 6.45) is 85.4. The zero-order chi connectivity index (χ0) is 59.8. The Morgan fingerprint density at radius 2 is 0.695 bits per heavy atom. The first-order valence-corrected chi connectivity index (χ1v) is 37.8. The molecule has 0 aliphatic carbocycles. The van der Waals surface area contributed by atoms with Crippen LogP contribution < -0.4 is 5.32 Å². The first kappa shape index (κ1) is 80.7. The van der Waals surface area contributed by atoms with Gasteiger partial charge in [-0.15, -0.1) is 0 Å². The third-order valence-electron chi connectivity index (χ3n) is 16.9. The number of hydrogen-bond acceptors (Lipinski definition) is 5. The molecule has 0 radical (unpaired) electrons. The second kappa shape index (κ2) is 64.2. The van der Waals surface area contributed by atoms with E-state index in [0.717, 1.165) is 51.4 Å². The number of aliphatic hydroxyl groups excluding tert-OH is 1. The van der Waals surface area contributed by atoms with Gasteiger partial charge in [-0.3, -0.25) is 13.8 Å². The molecule has 3 unspecified atom stereocenters. The molecule has 82 heavy (non-hydrogen) atoms. The SMILES string of the molecule is CCCCCCC/C=C\C/C=C\C/C=C\CCCCCCCCCCCCCCCCCCCCC(=O)NC(COP(=O)(O)OCC[N+](C)(C)C)C(O)CCCCCCCCCCCCCCCCCCCCCCCCCCCCC. The lowest BCUT2D eigenvalue weighted by Crippen LogP contribution is -2.46. The van der Waals surface area contributed by atoms with Crippen molar-refractivity contribution < 1.29 is 32.9 Å². The van der Waals surface area contributed by atoms with Gasteiger partial charge in [0.1, 0.15) is 13.2 Å². The highest BCUT2D eigenvalue weighted by atomic mass is 31.2. The zero-order valence-corrected chi connectivity index (χ0v) is 56.7. The van der Waals surface area contributed by atoms with Gasteiger partial charge in [0.25, 0.3) is 0 Å². The summed E-state index contributed by atoms with van der Waals surface area (Å²) in [6, 6.07) is -0.761. The van der Waals surface area contributed by atoms with E-state index in [1.54, 1.807) is 0 Å². The van der Waals surface area contributed by atoms with Gasteiger partial charge in [0.2, 0.25) is 5.91 Å². The van der Waals surface area contributed by atoms with Crippen LogP contribution in [0, 0.1) is 0 Å². The Morgan fingerprint density at radius 3 is 1.01 bits per heavy atom. The van der Waals surface area contributed by atoms with Gasteiger partial charge < -0.3 is 19.8 Å². The Bertz CT molecular complexity index is 1430. The van der Waals surface area contributed by atoms with E-state index >= 15 is 0 Å². The Balaban J connectivity index is 3.99. The molecule has 0 aliphatic heterocycles. The molecule has 3 atom stereocenters. The van der Waals surface area contributed by atoms with Gasteiger partial charge in [0.15, 0.2) is 0 Å². The second-order valence-corrected chi connectivity index (χ2v) is 27.8. The van der Waals surface area contributed by atoms with Gasteiger partial charge in [-0.05, 0) is 51.4 Å². The molecule has 0 aliphatic rings. The number of nitrogens with one attached hydrogen (secondary N) is 1. The van der Waals surface area contributed by atoms with Crippen LogP contribution in [0.3, 0.4) is 0 Å². The quantitative estimate of drug-likeness (QED) is 0.0243. The zero-order valence-electron chi connectivity index (χ0n) is 55.8. The summed E-state index contributed by atoms with van der Waals surface area (Å²) in [7, 11) is 1.63. The van der Waals surface area contributed by atoms with E-state index in [0.29, 0.717) is 23.9 Å². The lowest BCUT2D eigenvalue weighted by atomic mass is 10.0. The molecule has 0 rings (SSSR count). The average molecular weight is 1180 g/mol. The molecule has 0 saturated carbocycles. The molecule has 486 valence electrons. The third-order valence-corrected chi connectivity index (χ3v) is 17.9. The maximum absolute atomic E-state index is 13.1. The van der Waals surface area contributed by atoms with Crippen molar-refractivity contribution in [3.63, 3.8) is 0 Å². The minimum absolute atomic E-state index is 0.0767. The summed E-state index contributed by atoms with van der Waals surface area (Å²) < 4.78 is 23.9. The average Bonchev–Trinajstić information content (AvgIpc) is 3.47. The predicted octanol–water partition coefficient (Wildman–Crippen LogP) is 23.2. The summed E-state index contributed by atoms with van der Waals surface area (Å²) in [5.41, 5.74) is 0. The van der Waals surface area contributed by atoms with Crippen LogP contribution in [0.15, 0.2) is 36.5 Å². The van der Waals surface area contributed by atoms with Gasteiger partial charge in [-0.1, -0.05) is 352 Å². The van der Waals surface area contributed by atoms with Crippen molar-refractivity contribution in [3.05, 3.63) is 36.5 Å². The van der Waals surface area contributed by atoms with E-state index in [4.69, 9.17) is 9.05 Å². The Kier molecular flexibility index (Phi) is 63.2. The van der Waals surface area contributed by atoms with Gasteiger partial charge in [-0.2, -0.15) is 0 Å². The number of phosphoric ester groups is 1. The molecule has 0 aromatic carbocycles. The van der Waals surface area contributed by atoms with E-state index in [9.17, 15) is 19.4 Å². The van der Waals surface area contributed by atoms with E-state index in [2.05, 4.69) is 55.6 Å². The normalized spacial score (nSPS) is 13.8. The molecule has 3 N–H and O–H groups in total. The standard InChI is InChI=1S/C73H143N2O6P/c1-6-8-10-12-14-16-18-20-22-24-26-28-30-32-34-35-36-37-38-39-41-43-45-47-49-51-53-55-57-59-61-63-65-67-73(77)74-71(70-81-82(78,79)80-69-68-75(3,4)5)72(76)66-64-62-60-58-56-54-52-50-48-46-44-42-40-33-31-29-27-25-23-21-19-17-15-13-11-9-7-2/h18,20,24,26,30,32,71-72,76H,6-17,19,21-23,25,27-29,31,33-70H2,1-5H3,(H-,74,77,78,79)/p+1/b20-18-,26-24-,32-30-. The monoisotopic (exact) mass is 1180 g/mol. The number of hydrogen-bond donors (Lipinski definition) is 3. The molecule has 0 fully saturated rings. The fourth-order valence-electron chi connectivity index (χ4n) is 11.2. The van der Waals surface area contributed by atoms with Crippen molar-refractivity contribution in [2.75, 3.05) is 40.9 Å². The molecule has 0 aromatic heterocycles. The van der Waals surface area contributed by atoms with Crippen LogP contribution in [0.25, 0.3) is 0 Å². The summed E-state index contributed by atoms with van der Waals surface area (Å²) in [4.78, 5) is 23.5. The number of allylic oxidation sites excluding steroid dienone is 6. The highest BCUT2D eigenvalue weighted by molar-refractivity contribution is 7.47. The fraction of sp³-hybridized carbons (Fsp3) is 0.904. The molecule has 0 spiro atoms. The number of carbonyl (C=O) groups is 1. The lowest BCUT2D eigenvalue weighted by molar-refractivity contribution is -0.870. The number of likely N-dealkylation sites (N-methyl/N-ethyl adjacent to an activating group) is 1. The van der Waals surface area contributed by atoms with Crippen molar-refractivity contribution >= 4 is 13.7 Å². The molecule has 1 amide bonds. The first-order valence-electron chi connectivity index (χ1n) is 36.4. The van der Waals surface area contributed by atoms with Crippen LogP contribution in [0.4, 0.5) is 0 Å². The van der Waals surface area contributed by atoms with E-state index in [1.165, 1.54) is 295 Å². The van der Waals surface area contributed by atoms with E-state index < -0.39 is 20.0 Å². The van der Waals surface area contributed by atoms with Crippen LogP contribution in [-0.4, -0.2) is 73.4 Å². The number of rotatable bonds is 68. The summed E-state index contributed by atoms with van der Waals surface area (Å²) in [5, 5.41) is 14.2. The van der Waals surface area contributed by atoms with Crippen molar-refractivity contribution in [2.24, 2.45) is 0 Å². The summed E-state index contributed by atoms with van der Waals surface area (Å²) in [5.74, 6) is -0.137. The van der Waals surface area contributed by atoms with Gasteiger partial charge in [0.05, 0.1) is 39.9 Å². The Hall–Kier alpha value is -1.28. The number of quaternary nitrogens is 1. The molecule has 0 aromatic rings.